The number of carbonyl (C=O) groups is 2. The number of carbonyl (C=O) groups excluding carboxylic acids is 2. The monoisotopic (exact) mass is 465 g/mol. The van der Waals surface area contributed by atoms with Gasteiger partial charge in [0.05, 0.1) is 19.7 Å². The minimum atomic E-state index is -0.388. The molecule has 2 aromatic carbocycles. The number of nitrogens with one attached hydrogen (secondary N) is 2. The zero-order chi connectivity index (χ0) is 19.9. The highest BCUT2D eigenvalue weighted by atomic mass is 79.9. The van der Waals surface area contributed by atoms with E-state index in [9.17, 15) is 9.59 Å². The third-order valence-corrected chi connectivity index (χ3v) is 5.21. The van der Waals surface area contributed by atoms with Gasteiger partial charge >= 0.3 is 6.03 Å². The van der Waals surface area contributed by atoms with Crippen molar-refractivity contribution in [2.75, 3.05) is 26.2 Å². The Balaban J connectivity index is 1.44. The summed E-state index contributed by atoms with van der Waals surface area (Å²) in [6.45, 7) is 1.75. The highest BCUT2D eigenvalue weighted by molar-refractivity contribution is 9.10. The summed E-state index contributed by atoms with van der Waals surface area (Å²) in [4.78, 5) is 26.1. The molecule has 2 aromatic rings. The maximum Gasteiger partial charge on any atom is 0.315 e. The molecular weight excluding hydrogens is 446 g/mol. The highest BCUT2D eigenvalue weighted by Gasteiger charge is 2.25. The average molecular weight is 467 g/mol. The van der Waals surface area contributed by atoms with Crippen LogP contribution in [0.3, 0.4) is 0 Å². The Kier molecular flexibility index (Phi) is 7.30. The first-order valence-electron chi connectivity index (χ1n) is 8.92. The fourth-order valence-corrected chi connectivity index (χ4v) is 3.26. The Labute approximate surface area is 177 Å². The predicted molar refractivity (Wildman–Crippen MR) is 111 cm³/mol. The molecule has 28 heavy (non-hydrogen) atoms. The molecule has 0 aliphatic carbocycles. The topological polar surface area (TPSA) is 70.7 Å². The standard InChI is InChI=1S/C20H21BrClN3O3/c21-16-5-3-15(4-6-16)18-13-25(9-10-28-18)19(26)12-24-20(27)23-11-14-1-7-17(22)8-2-14/h1-8,18H,9-13H2,(H2,23,24,27). The van der Waals surface area contributed by atoms with Crippen molar-refractivity contribution in [3.05, 3.63) is 69.2 Å². The van der Waals surface area contributed by atoms with Gasteiger partial charge in [-0.2, -0.15) is 0 Å². The molecular formula is C20H21BrClN3O3. The van der Waals surface area contributed by atoms with Gasteiger partial charge in [0.25, 0.3) is 0 Å². The fourth-order valence-electron chi connectivity index (χ4n) is 2.87. The maximum atomic E-state index is 12.5. The van der Waals surface area contributed by atoms with E-state index in [1.165, 1.54) is 0 Å². The molecule has 0 aromatic heterocycles. The number of morpholine rings is 1. The molecule has 0 radical (unpaired) electrons. The largest absolute Gasteiger partial charge is 0.370 e. The van der Waals surface area contributed by atoms with Gasteiger partial charge in [-0.05, 0) is 35.4 Å². The van der Waals surface area contributed by atoms with E-state index in [-0.39, 0.29) is 24.6 Å². The van der Waals surface area contributed by atoms with Crippen LogP contribution in [0.4, 0.5) is 4.79 Å². The van der Waals surface area contributed by atoms with Crippen molar-refractivity contribution >= 4 is 39.5 Å². The summed E-state index contributed by atoms with van der Waals surface area (Å²) in [5.74, 6) is -0.132. The lowest BCUT2D eigenvalue weighted by molar-refractivity contribution is -0.137. The normalized spacial score (nSPS) is 16.5. The lowest BCUT2D eigenvalue weighted by atomic mass is 10.1. The van der Waals surface area contributed by atoms with E-state index in [4.69, 9.17) is 16.3 Å². The molecule has 1 fully saturated rings. The summed E-state index contributed by atoms with van der Waals surface area (Å²) < 4.78 is 6.78. The Morgan fingerprint density at radius 2 is 1.82 bits per heavy atom. The van der Waals surface area contributed by atoms with Crippen molar-refractivity contribution in [3.8, 4) is 0 Å². The number of benzene rings is 2. The first kappa shape index (κ1) is 20.6. The molecule has 1 heterocycles. The second-order valence-corrected chi connectivity index (χ2v) is 7.77. The molecule has 3 amide bonds. The quantitative estimate of drug-likeness (QED) is 0.708. The van der Waals surface area contributed by atoms with Crippen molar-refractivity contribution in [3.63, 3.8) is 0 Å². The van der Waals surface area contributed by atoms with Crippen molar-refractivity contribution in [1.82, 2.24) is 15.5 Å². The Morgan fingerprint density at radius 1 is 1.11 bits per heavy atom. The molecule has 0 spiro atoms. The molecule has 6 nitrogen and oxygen atoms in total. The molecule has 3 rings (SSSR count). The van der Waals surface area contributed by atoms with Gasteiger partial charge in [0.2, 0.25) is 5.91 Å². The number of hydrogen-bond acceptors (Lipinski definition) is 3. The van der Waals surface area contributed by atoms with Crippen molar-refractivity contribution in [2.45, 2.75) is 12.6 Å². The lowest BCUT2D eigenvalue weighted by Crippen LogP contribution is -2.48. The molecule has 1 aliphatic heterocycles. The van der Waals surface area contributed by atoms with Crippen LogP contribution >= 0.6 is 27.5 Å². The number of halogens is 2. The van der Waals surface area contributed by atoms with Gasteiger partial charge in [-0.1, -0.05) is 51.8 Å². The number of ether oxygens (including phenoxy) is 1. The third kappa shape index (κ3) is 5.95. The zero-order valence-corrected chi connectivity index (χ0v) is 17.5. The van der Waals surface area contributed by atoms with Crippen LogP contribution in [0.15, 0.2) is 53.0 Å². The van der Waals surface area contributed by atoms with Crippen LogP contribution < -0.4 is 10.6 Å². The van der Waals surface area contributed by atoms with E-state index in [0.29, 0.717) is 31.3 Å². The molecule has 0 bridgehead atoms. The van der Waals surface area contributed by atoms with Crippen LogP contribution in [0.25, 0.3) is 0 Å². The van der Waals surface area contributed by atoms with Crippen LogP contribution in [-0.2, 0) is 16.1 Å². The number of nitrogens with zero attached hydrogens (tertiary/aromatic N) is 1. The number of urea groups is 1. The first-order chi connectivity index (χ1) is 13.5. The molecule has 1 atom stereocenters. The van der Waals surface area contributed by atoms with Crippen LogP contribution in [0.1, 0.15) is 17.2 Å². The SMILES string of the molecule is O=C(NCC(=O)N1CCOC(c2ccc(Br)cc2)C1)NCc1ccc(Cl)cc1. The van der Waals surface area contributed by atoms with Gasteiger partial charge in [0, 0.05) is 22.6 Å². The van der Waals surface area contributed by atoms with E-state index in [2.05, 4.69) is 26.6 Å². The Morgan fingerprint density at radius 3 is 2.54 bits per heavy atom. The van der Waals surface area contributed by atoms with Gasteiger partial charge in [0.1, 0.15) is 6.10 Å². The minimum absolute atomic E-state index is 0.0560. The van der Waals surface area contributed by atoms with Crippen LogP contribution in [0.2, 0.25) is 5.02 Å². The van der Waals surface area contributed by atoms with Crippen molar-refractivity contribution in [1.29, 1.82) is 0 Å². The first-order valence-corrected chi connectivity index (χ1v) is 10.1. The van der Waals surface area contributed by atoms with Crippen molar-refractivity contribution < 1.29 is 14.3 Å². The van der Waals surface area contributed by atoms with E-state index in [1.54, 1.807) is 17.0 Å². The zero-order valence-electron chi connectivity index (χ0n) is 15.2. The molecule has 2 N–H and O–H groups in total. The predicted octanol–water partition coefficient (Wildman–Crippen LogP) is 3.50. The Bertz CT molecular complexity index is 814. The second-order valence-electron chi connectivity index (χ2n) is 6.41. The highest BCUT2D eigenvalue weighted by Crippen LogP contribution is 2.23. The average Bonchev–Trinajstić information content (AvgIpc) is 2.72. The summed E-state index contributed by atoms with van der Waals surface area (Å²) in [7, 11) is 0. The van der Waals surface area contributed by atoms with Gasteiger partial charge in [-0.3, -0.25) is 4.79 Å². The molecule has 8 heteroatoms. The molecule has 1 unspecified atom stereocenters. The summed E-state index contributed by atoms with van der Waals surface area (Å²) in [5, 5.41) is 5.98. The van der Waals surface area contributed by atoms with Gasteiger partial charge in [-0.25, -0.2) is 4.79 Å². The van der Waals surface area contributed by atoms with E-state index >= 15 is 0 Å². The van der Waals surface area contributed by atoms with E-state index in [0.717, 1.165) is 15.6 Å². The number of amides is 3. The maximum absolute atomic E-state index is 12.5. The Hall–Kier alpha value is -2.09. The third-order valence-electron chi connectivity index (χ3n) is 4.43. The fraction of sp³-hybridized carbons (Fsp3) is 0.300. The molecule has 0 saturated carbocycles. The van der Waals surface area contributed by atoms with E-state index in [1.807, 2.05) is 36.4 Å². The van der Waals surface area contributed by atoms with Gasteiger partial charge in [0.15, 0.2) is 0 Å². The number of rotatable bonds is 5. The van der Waals surface area contributed by atoms with Crippen LogP contribution in [0, 0.1) is 0 Å². The number of hydrogen-bond donors (Lipinski definition) is 2. The second kappa shape index (κ2) is 9.91. The summed E-state index contributed by atoms with van der Waals surface area (Å²) in [6, 6.07) is 14.7. The minimum Gasteiger partial charge on any atom is -0.370 e. The summed E-state index contributed by atoms with van der Waals surface area (Å²) in [6.07, 6.45) is -0.162. The molecule has 1 saturated heterocycles. The van der Waals surface area contributed by atoms with Crippen molar-refractivity contribution in [2.24, 2.45) is 0 Å². The summed E-state index contributed by atoms with van der Waals surface area (Å²) in [5.41, 5.74) is 1.95. The van der Waals surface area contributed by atoms with Crippen LogP contribution in [0.5, 0.6) is 0 Å². The molecule has 1 aliphatic rings. The smallest absolute Gasteiger partial charge is 0.315 e. The van der Waals surface area contributed by atoms with E-state index < -0.39 is 0 Å². The van der Waals surface area contributed by atoms with Gasteiger partial charge in [-0.15, -0.1) is 0 Å². The summed E-state index contributed by atoms with van der Waals surface area (Å²) >= 11 is 9.25. The molecule has 148 valence electrons. The van der Waals surface area contributed by atoms with Crippen LogP contribution in [-0.4, -0.2) is 43.1 Å². The lowest BCUT2D eigenvalue weighted by Gasteiger charge is -2.33. The van der Waals surface area contributed by atoms with Gasteiger partial charge < -0.3 is 20.3 Å².